The van der Waals surface area contributed by atoms with Crippen LogP contribution in [0.1, 0.15) is 18.1 Å². The number of aryl methyl sites for hydroxylation is 1. The van der Waals surface area contributed by atoms with Crippen molar-refractivity contribution in [1.29, 1.82) is 0 Å². The highest BCUT2D eigenvalue weighted by atomic mass is 35.7. The Morgan fingerprint density at radius 3 is 2.38 bits per heavy atom. The molecule has 16 heavy (non-hydrogen) atoms. The van der Waals surface area contributed by atoms with E-state index >= 15 is 0 Å². The first-order chi connectivity index (χ1) is 7.27. The van der Waals surface area contributed by atoms with Gasteiger partial charge in [0.25, 0.3) is 14.7 Å². The van der Waals surface area contributed by atoms with Crippen LogP contribution < -0.4 is 0 Å². The third-order valence-electron chi connectivity index (χ3n) is 2.31. The van der Waals surface area contributed by atoms with Crippen molar-refractivity contribution in [2.24, 2.45) is 0 Å². The smallest absolute Gasteiger partial charge is 0.258 e. The van der Waals surface area contributed by atoms with Crippen LogP contribution in [0.3, 0.4) is 0 Å². The summed E-state index contributed by atoms with van der Waals surface area (Å²) < 4.78 is 22.5. The fourth-order valence-corrected chi connectivity index (χ4v) is 2.69. The molecule has 0 radical (unpaired) electrons. The monoisotopic (exact) mass is 263 g/mol. The molecule has 0 fully saturated rings. The topological polar surface area (TPSA) is 77.3 Å². The molecule has 7 heteroatoms. The first kappa shape index (κ1) is 12.9. The van der Waals surface area contributed by atoms with E-state index in [2.05, 4.69) is 0 Å². The normalized spacial score (nSPS) is 11.4. The van der Waals surface area contributed by atoms with Crippen molar-refractivity contribution in [2.45, 2.75) is 25.2 Å². The van der Waals surface area contributed by atoms with E-state index in [1.807, 2.05) is 0 Å². The Morgan fingerprint density at radius 2 is 2.00 bits per heavy atom. The van der Waals surface area contributed by atoms with E-state index in [0.717, 1.165) is 6.07 Å². The summed E-state index contributed by atoms with van der Waals surface area (Å²) in [5.74, 6) is 0. The molecule has 0 saturated carbocycles. The van der Waals surface area contributed by atoms with E-state index in [9.17, 15) is 18.5 Å². The maximum Gasteiger partial charge on any atom is 0.271 e. The van der Waals surface area contributed by atoms with Crippen LogP contribution in [-0.2, 0) is 15.5 Å². The lowest BCUT2D eigenvalue weighted by Crippen LogP contribution is -2.01. The molecule has 1 rings (SSSR count). The first-order valence-electron chi connectivity index (χ1n) is 4.50. The van der Waals surface area contributed by atoms with Gasteiger partial charge in [-0.15, -0.1) is 0 Å². The van der Waals surface area contributed by atoms with E-state index in [-0.39, 0.29) is 10.6 Å². The van der Waals surface area contributed by atoms with Crippen molar-refractivity contribution in [3.05, 3.63) is 33.4 Å². The zero-order chi connectivity index (χ0) is 12.5. The summed E-state index contributed by atoms with van der Waals surface area (Å²) in [5.41, 5.74) is 0.804. The van der Waals surface area contributed by atoms with Crippen molar-refractivity contribution in [1.82, 2.24) is 0 Å². The molecule has 0 heterocycles. The molecule has 0 spiro atoms. The Bertz CT molecular complexity index is 539. The van der Waals surface area contributed by atoms with Gasteiger partial charge in [-0.2, -0.15) is 0 Å². The molecule has 5 nitrogen and oxygen atoms in total. The van der Waals surface area contributed by atoms with Crippen LogP contribution in [0.5, 0.6) is 0 Å². The summed E-state index contributed by atoms with van der Waals surface area (Å²) >= 11 is 0. The highest BCUT2D eigenvalue weighted by Gasteiger charge is 2.20. The highest BCUT2D eigenvalue weighted by molar-refractivity contribution is 8.13. The SMILES string of the molecule is CCc1cc([N+](=O)[O-])cc(S(=O)(=O)Cl)c1C. The fraction of sp³-hybridized carbons (Fsp3) is 0.333. The minimum Gasteiger partial charge on any atom is -0.258 e. The van der Waals surface area contributed by atoms with Crippen LogP contribution in [0.25, 0.3) is 0 Å². The Labute approximate surface area is 97.6 Å². The van der Waals surface area contributed by atoms with Gasteiger partial charge in [0.2, 0.25) is 0 Å². The van der Waals surface area contributed by atoms with Gasteiger partial charge < -0.3 is 0 Å². The van der Waals surface area contributed by atoms with E-state index < -0.39 is 14.0 Å². The van der Waals surface area contributed by atoms with Gasteiger partial charge in [0, 0.05) is 22.8 Å². The molecule has 0 unspecified atom stereocenters. The quantitative estimate of drug-likeness (QED) is 0.477. The third kappa shape index (κ3) is 2.51. The van der Waals surface area contributed by atoms with Gasteiger partial charge in [0.05, 0.1) is 9.82 Å². The van der Waals surface area contributed by atoms with Crippen LogP contribution in [0, 0.1) is 17.0 Å². The molecule has 0 aromatic heterocycles. The summed E-state index contributed by atoms with van der Waals surface area (Å²) in [5, 5.41) is 10.6. The molecule has 0 amide bonds. The van der Waals surface area contributed by atoms with Gasteiger partial charge in [-0.25, -0.2) is 8.42 Å². The van der Waals surface area contributed by atoms with Crippen LogP contribution in [0.2, 0.25) is 0 Å². The van der Waals surface area contributed by atoms with Crippen molar-refractivity contribution >= 4 is 25.4 Å². The van der Waals surface area contributed by atoms with Crippen LogP contribution in [0.15, 0.2) is 17.0 Å². The lowest BCUT2D eigenvalue weighted by Gasteiger charge is -2.07. The third-order valence-corrected chi connectivity index (χ3v) is 3.75. The van der Waals surface area contributed by atoms with Gasteiger partial charge in [0.15, 0.2) is 0 Å². The average molecular weight is 264 g/mol. The Balaban J connectivity index is 3.61. The Kier molecular flexibility index (Phi) is 3.54. The summed E-state index contributed by atoms with van der Waals surface area (Å²) in [6.07, 6.45) is 0.507. The van der Waals surface area contributed by atoms with Gasteiger partial charge in [0.1, 0.15) is 0 Å². The van der Waals surface area contributed by atoms with Gasteiger partial charge >= 0.3 is 0 Å². The lowest BCUT2D eigenvalue weighted by atomic mass is 10.1. The fourth-order valence-electron chi connectivity index (χ4n) is 1.46. The minimum absolute atomic E-state index is 0.194. The summed E-state index contributed by atoms with van der Waals surface area (Å²) in [4.78, 5) is 9.80. The second-order valence-corrected chi connectivity index (χ2v) is 5.81. The standard InChI is InChI=1S/C9H10ClNO4S/c1-3-7-4-8(11(12)13)5-9(6(7)2)16(10,14)15/h4-5H,3H2,1-2H3. The predicted octanol–water partition coefficient (Wildman–Crippen LogP) is 2.39. The van der Waals surface area contributed by atoms with Crippen molar-refractivity contribution < 1.29 is 13.3 Å². The summed E-state index contributed by atoms with van der Waals surface area (Å²) in [6, 6.07) is 2.34. The number of halogens is 1. The van der Waals surface area contributed by atoms with Crippen molar-refractivity contribution in [2.75, 3.05) is 0 Å². The average Bonchev–Trinajstić information content (AvgIpc) is 2.15. The second-order valence-electron chi connectivity index (χ2n) is 3.28. The molecule has 1 aromatic carbocycles. The minimum atomic E-state index is -3.95. The Morgan fingerprint density at radius 1 is 1.44 bits per heavy atom. The van der Waals surface area contributed by atoms with Crippen molar-refractivity contribution in [3.63, 3.8) is 0 Å². The summed E-state index contributed by atoms with van der Waals surface area (Å²) in [7, 11) is 1.26. The second kappa shape index (κ2) is 4.39. The number of hydrogen-bond donors (Lipinski definition) is 0. The molecule has 0 aliphatic rings. The molecule has 0 N–H and O–H groups in total. The largest absolute Gasteiger partial charge is 0.271 e. The highest BCUT2D eigenvalue weighted by Crippen LogP contribution is 2.28. The maximum absolute atomic E-state index is 11.2. The van der Waals surface area contributed by atoms with Crippen LogP contribution in [-0.4, -0.2) is 13.3 Å². The Hall–Kier alpha value is -1.14. The number of nitro benzene ring substituents is 1. The van der Waals surface area contributed by atoms with Gasteiger partial charge in [-0.05, 0) is 24.5 Å². The number of rotatable bonds is 3. The zero-order valence-corrected chi connectivity index (χ0v) is 10.3. The molecule has 0 aliphatic heterocycles. The molecule has 0 aliphatic carbocycles. The van der Waals surface area contributed by atoms with Crippen LogP contribution >= 0.6 is 10.7 Å². The summed E-state index contributed by atoms with van der Waals surface area (Å²) in [6.45, 7) is 3.37. The number of nitrogens with zero attached hydrogens (tertiary/aromatic N) is 1. The van der Waals surface area contributed by atoms with Crippen molar-refractivity contribution in [3.8, 4) is 0 Å². The van der Waals surface area contributed by atoms with Gasteiger partial charge in [-0.3, -0.25) is 10.1 Å². The maximum atomic E-state index is 11.2. The molecule has 88 valence electrons. The van der Waals surface area contributed by atoms with Crippen LogP contribution in [0.4, 0.5) is 5.69 Å². The molecular weight excluding hydrogens is 254 g/mol. The van der Waals surface area contributed by atoms with Gasteiger partial charge in [-0.1, -0.05) is 6.92 Å². The number of nitro groups is 1. The molecule has 1 aromatic rings. The number of hydrogen-bond acceptors (Lipinski definition) is 4. The first-order valence-corrected chi connectivity index (χ1v) is 6.81. The molecule has 0 bridgehead atoms. The number of non-ortho nitro benzene ring substituents is 1. The molecular formula is C9H10ClNO4S. The predicted molar refractivity (Wildman–Crippen MR) is 60.3 cm³/mol. The molecule has 0 saturated heterocycles. The zero-order valence-electron chi connectivity index (χ0n) is 8.73. The number of benzene rings is 1. The van der Waals surface area contributed by atoms with E-state index in [0.29, 0.717) is 17.5 Å². The lowest BCUT2D eigenvalue weighted by molar-refractivity contribution is -0.385. The van der Waals surface area contributed by atoms with E-state index in [4.69, 9.17) is 10.7 Å². The van der Waals surface area contributed by atoms with E-state index in [1.54, 1.807) is 13.8 Å². The van der Waals surface area contributed by atoms with E-state index in [1.165, 1.54) is 6.07 Å². The molecule has 0 atom stereocenters.